The van der Waals surface area contributed by atoms with E-state index < -0.39 is 0 Å². The molecule has 5 heteroatoms. The number of hydrogen-bond donors (Lipinski definition) is 1. The van der Waals surface area contributed by atoms with Gasteiger partial charge in [0.2, 0.25) is 0 Å². The molecule has 0 unspecified atom stereocenters. The van der Waals surface area contributed by atoms with Crippen molar-refractivity contribution in [2.75, 3.05) is 38.5 Å². The molecule has 4 rings (SSSR count). The number of fused-ring (bicyclic) bond motifs is 1. The van der Waals surface area contributed by atoms with Crippen molar-refractivity contribution >= 4 is 28.3 Å². The van der Waals surface area contributed by atoms with Crippen molar-refractivity contribution in [2.24, 2.45) is 0 Å². The lowest BCUT2D eigenvalue weighted by Crippen LogP contribution is -2.47. The van der Waals surface area contributed by atoms with E-state index in [0.717, 1.165) is 23.9 Å². The molecule has 0 aliphatic carbocycles. The second-order valence-corrected chi connectivity index (χ2v) is 7.16. The highest BCUT2D eigenvalue weighted by Crippen LogP contribution is 2.21. The van der Waals surface area contributed by atoms with Crippen molar-refractivity contribution in [3.8, 4) is 0 Å². The summed E-state index contributed by atoms with van der Waals surface area (Å²) < 4.78 is 0. The Labute approximate surface area is 164 Å². The molecule has 1 heterocycles. The summed E-state index contributed by atoms with van der Waals surface area (Å²) in [4.78, 5) is 29.8. The van der Waals surface area contributed by atoms with E-state index in [-0.39, 0.29) is 11.8 Å². The molecule has 2 amide bonds. The number of nitrogens with one attached hydrogen (secondary N) is 1. The van der Waals surface area contributed by atoms with Crippen molar-refractivity contribution in [1.29, 1.82) is 0 Å². The summed E-state index contributed by atoms with van der Waals surface area (Å²) in [7, 11) is 2.06. The first kappa shape index (κ1) is 18.2. The Hall–Kier alpha value is -3.18. The monoisotopic (exact) mass is 373 g/mol. The standard InChI is InChI=1S/C23H23N3O2/c1-25-12-14-26(15-13-25)23(28)20-8-4-5-9-21(20)24-22(27)19-11-10-17-6-2-3-7-18(17)16-19/h2-11,16H,12-15H2,1H3,(H,24,27). The third-order valence-electron chi connectivity index (χ3n) is 5.21. The van der Waals surface area contributed by atoms with Gasteiger partial charge in [-0.2, -0.15) is 0 Å². The summed E-state index contributed by atoms with van der Waals surface area (Å²) in [6.45, 7) is 3.11. The zero-order chi connectivity index (χ0) is 19.5. The van der Waals surface area contributed by atoms with Crippen LogP contribution < -0.4 is 5.32 Å². The Morgan fingerprint density at radius 2 is 1.50 bits per heavy atom. The molecule has 3 aromatic rings. The minimum atomic E-state index is -0.218. The fourth-order valence-electron chi connectivity index (χ4n) is 3.48. The van der Waals surface area contributed by atoms with Gasteiger partial charge in [0.1, 0.15) is 0 Å². The largest absolute Gasteiger partial charge is 0.336 e. The first-order valence-electron chi connectivity index (χ1n) is 9.49. The molecule has 1 N–H and O–H groups in total. The van der Waals surface area contributed by atoms with Crippen LogP contribution >= 0.6 is 0 Å². The highest BCUT2D eigenvalue weighted by atomic mass is 16.2. The summed E-state index contributed by atoms with van der Waals surface area (Å²) in [5.74, 6) is -0.258. The molecule has 1 saturated heterocycles. The van der Waals surface area contributed by atoms with Crippen molar-refractivity contribution in [3.63, 3.8) is 0 Å². The molecule has 1 aliphatic rings. The fourth-order valence-corrected chi connectivity index (χ4v) is 3.48. The van der Waals surface area contributed by atoms with Crippen molar-refractivity contribution < 1.29 is 9.59 Å². The summed E-state index contributed by atoms with van der Waals surface area (Å²) in [5.41, 5.74) is 1.64. The first-order valence-corrected chi connectivity index (χ1v) is 9.49. The quantitative estimate of drug-likeness (QED) is 0.765. The molecule has 28 heavy (non-hydrogen) atoms. The van der Waals surface area contributed by atoms with Gasteiger partial charge in [-0.15, -0.1) is 0 Å². The highest BCUT2D eigenvalue weighted by Gasteiger charge is 2.23. The third kappa shape index (κ3) is 3.75. The number of para-hydroxylation sites is 1. The molecule has 0 atom stereocenters. The number of benzene rings is 3. The van der Waals surface area contributed by atoms with Gasteiger partial charge in [-0.25, -0.2) is 0 Å². The molecule has 5 nitrogen and oxygen atoms in total. The molecule has 0 aromatic heterocycles. The van der Waals surface area contributed by atoms with Gasteiger partial charge in [-0.3, -0.25) is 9.59 Å². The molecule has 3 aromatic carbocycles. The normalized spacial score (nSPS) is 14.8. The first-order chi connectivity index (χ1) is 13.6. The maximum Gasteiger partial charge on any atom is 0.256 e. The smallest absolute Gasteiger partial charge is 0.256 e. The summed E-state index contributed by atoms with van der Waals surface area (Å²) >= 11 is 0. The molecule has 1 aliphatic heterocycles. The van der Waals surface area contributed by atoms with Crippen molar-refractivity contribution in [1.82, 2.24) is 9.80 Å². The average Bonchev–Trinajstić information content (AvgIpc) is 2.74. The lowest BCUT2D eigenvalue weighted by Gasteiger charge is -2.32. The summed E-state index contributed by atoms with van der Waals surface area (Å²) in [6, 6.07) is 20.8. The summed E-state index contributed by atoms with van der Waals surface area (Å²) in [6.07, 6.45) is 0. The Morgan fingerprint density at radius 1 is 0.821 bits per heavy atom. The predicted octanol–water partition coefficient (Wildman–Crippen LogP) is 3.48. The number of carbonyl (C=O) groups excluding carboxylic acids is 2. The van der Waals surface area contributed by atoms with Gasteiger partial charge in [0, 0.05) is 31.7 Å². The highest BCUT2D eigenvalue weighted by molar-refractivity contribution is 6.10. The Bertz CT molecular complexity index is 1020. The van der Waals surface area contributed by atoms with Gasteiger partial charge < -0.3 is 15.1 Å². The molecule has 0 radical (unpaired) electrons. The summed E-state index contributed by atoms with van der Waals surface area (Å²) in [5, 5.41) is 5.02. The van der Waals surface area contributed by atoms with E-state index in [4.69, 9.17) is 0 Å². The molecule has 0 saturated carbocycles. The van der Waals surface area contributed by atoms with Crippen molar-refractivity contribution in [3.05, 3.63) is 77.9 Å². The van der Waals surface area contributed by atoms with Gasteiger partial charge in [0.05, 0.1) is 11.3 Å². The van der Waals surface area contributed by atoms with E-state index in [9.17, 15) is 9.59 Å². The lowest BCUT2D eigenvalue weighted by atomic mass is 10.1. The third-order valence-corrected chi connectivity index (χ3v) is 5.21. The number of amides is 2. The maximum atomic E-state index is 13.0. The van der Waals surface area contributed by atoms with Gasteiger partial charge in [-0.05, 0) is 42.1 Å². The SMILES string of the molecule is CN1CCN(C(=O)c2ccccc2NC(=O)c2ccc3ccccc3c2)CC1. The predicted molar refractivity (Wildman–Crippen MR) is 112 cm³/mol. The van der Waals surface area contributed by atoms with Crippen LogP contribution in [0.3, 0.4) is 0 Å². The maximum absolute atomic E-state index is 13.0. The number of likely N-dealkylation sites (N-methyl/N-ethyl adjacent to an activating group) is 1. The van der Waals surface area contributed by atoms with E-state index in [1.165, 1.54) is 0 Å². The molecular formula is C23H23N3O2. The number of carbonyl (C=O) groups is 2. The van der Waals surface area contributed by atoms with Crippen LogP contribution in [-0.2, 0) is 0 Å². The number of anilines is 1. The lowest BCUT2D eigenvalue weighted by molar-refractivity contribution is 0.0665. The van der Waals surface area contributed by atoms with Crippen LogP contribution in [0.25, 0.3) is 10.8 Å². The molecule has 0 bridgehead atoms. The average molecular weight is 373 g/mol. The van der Waals surface area contributed by atoms with Crippen LogP contribution in [0, 0.1) is 0 Å². The van der Waals surface area contributed by atoms with E-state index in [1.54, 1.807) is 12.1 Å². The van der Waals surface area contributed by atoms with Gasteiger partial charge in [-0.1, -0.05) is 42.5 Å². The number of nitrogens with zero attached hydrogens (tertiary/aromatic N) is 2. The molecule has 1 fully saturated rings. The zero-order valence-corrected chi connectivity index (χ0v) is 15.9. The van der Waals surface area contributed by atoms with E-state index in [0.29, 0.717) is 29.9 Å². The van der Waals surface area contributed by atoms with Gasteiger partial charge in [0.25, 0.3) is 11.8 Å². The van der Waals surface area contributed by atoms with E-state index in [2.05, 4.69) is 17.3 Å². The Balaban J connectivity index is 1.56. The topological polar surface area (TPSA) is 52.6 Å². The van der Waals surface area contributed by atoms with Gasteiger partial charge >= 0.3 is 0 Å². The fraction of sp³-hybridized carbons (Fsp3) is 0.217. The molecule has 142 valence electrons. The second-order valence-electron chi connectivity index (χ2n) is 7.16. The molecule has 0 spiro atoms. The van der Waals surface area contributed by atoms with Crippen LogP contribution in [0.15, 0.2) is 66.7 Å². The van der Waals surface area contributed by atoms with E-state index >= 15 is 0 Å². The molecular weight excluding hydrogens is 350 g/mol. The van der Waals surface area contributed by atoms with Gasteiger partial charge in [0.15, 0.2) is 0 Å². The number of rotatable bonds is 3. The Morgan fingerprint density at radius 3 is 2.29 bits per heavy atom. The zero-order valence-electron chi connectivity index (χ0n) is 15.9. The van der Waals surface area contributed by atoms with Crippen LogP contribution in [0.1, 0.15) is 20.7 Å². The Kier molecular flexibility index (Phi) is 5.08. The minimum absolute atomic E-state index is 0.0393. The van der Waals surface area contributed by atoms with Crippen LogP contribution in [0.5, 0.6) is 0 Å². The number of piperazine rings is 1. The second kappa shape index (κ2) is 7.82. The van der Waals surface area contributed by atoms with E-state index in [1.807, 2.05) is 59.5 Å². The number of hydrogen-bond acceptors (Lipinski definition) is 3. The van der Waals surface area contributed by atoms with Crippen LogP contribution in [0.4, 0.5) is 5.69 Å². The van der Waals surface area contributed by atoms with Crippen molar-refractivity contribution in [2.45, 2.75) is 0 Å². The van der Waals surface area contributed by atoms with Crippen LogP contribution in [-0.4, -0.2) is 54.8 Å². The minimum Gasteiger partial charge on any atom is -0.336 e. The van der Waals surface area contributed by atoms with Crippen LogP contribution in [0.2, 0.25) is 0 Å².